The van der Waals surface area contributed by atoms with Gasteiger partial charge < -0.3 is 11.1 Å². The Hall–Kier alpha value is -2.32. The van der Waals surface area contributed by atoms with Gasteiger partial charge in [0.05, 0.1) is 0 Å². The van der Waals surface area contributed by atoms with E-state index in [1.165, 1.54) is 0 Å². The lowest BCUT2D eigenvalue weighted by Crippen LogP contribution is -2.19. The summed E-state index contributed by atoms with van der Waals surface area (Å²) in [5.74, 6) is 1.72. The molecule has 1 aliphatic rings. The van der Waals surface area contributed by atoms with E-state index in [0.717, 1.165) is 34.4 Å². The van der Waals surface area contributed by atoms with Crippen LogP contribution < -0.4 is 16.4 Å². The average Bonchev–Trinajstić information content (AvgIpc) is 2.94. The molecule has 1 aliphatic carbocycles. The van der Waals surface area contributed by atoms with Crippen molar-refractivity contribution >= 4 is 28.4 Å². The van der Waals surface area contributed by atoms with Gasteiger partial charge in [0.1, 0.15) is 5.82 Å². The Kier molecular flexibility index (Phi) is 4.63. The van der Waals surface area contributed by atoms with Gasteiger partial charge in [-0.1, -0.05) is 19.1 Å². The molecular formula is C15H19N7S. The van der Waals surface area contributed by atoms with Crippen LogP contribution in [0.15, 0.2) is 30.1 Å². The van der Waals surface area contributed by atoms with Crippen molar-refractivity contribution in [3.05, 3.63) is 40.8 Å². The molecule has 2 heterocycles. The highest BCUT2D eigenvalue weighted by Gasteiger charge is 2.10. The highest BCUT2D eigenvalue weighted by molar-refractivity contribution is 7.15. The van der Waals surface area contributed by atoms with E-state index in [1.54, 1.807) is 11.3 Å². The number of allylic oxidation sites excluding steroid dienone is 1. The molecule has 23 heavy (non-hydrogen) atoms. The van der Waals surface area contributed by atoms with Crippen molar-refractivity contribution in [1.29, 1.82) is 0 Å². The lowest BCUT2D eigenvalue weighted by Gasteiger charge is -2.13. The van der Waals surface area contributed by atoms with Gasteiger partial charge in [0, 0.05) is 29.2 Å². The summed E-state index contributed by atoms with van der Waals surface area (Å²) < 4.78 is 0. The van der Waals surface area contributed by atoms with Crippen molar-refractivity contribution < 1.29 is 0 Å². The fourth-order valence-electron chi connectivity index (χ4n) is 2.06. The normalized spacial score (nSPS) is 17.0. The molecule has 0 saturated heterocycles. The first kappa shape index (κ1) is 15.6. The summed E-state index contributed by atoms with van der Waals surface area (Å²) in [6.07, 6.45) is 9.28. The fourth-order valence-corrected chi connectivity index (χ4v) is 2.71. The molecule has 0 fully saturated rings. The molecule has 0 aliphatic heterocycles. The van der Waals surface area contributed by atoms with Gasteiger partial charge in [-0.15, -0.1) is 11.3 Å². The van der Waals surface area contributed by atoms with Crippen LogP contribution in [0.25, 0.3) is 0 Å². The van der Waals surface area contributed by atoms with Gasteiger partial charge >= 0.3 is 0 Å². The Bertz CT molecular complexity index is 750. The Morgan fingerprint density at radius 3 is 2.65 bits per heavy atom. The Labute approximate surface area is 138 Å². The second-order valence-corrected chi connectivity index (χ2v) is 6.43. The SMILES string of the molecule is CCc1nc(NC2=CCC(N)C=C2)nc(Nc2ncc(C)s2)n1. The van der Waals surface area contributed by atoms with Crippen LogP contribution in [0.1, 0.15) is 24.0 Å². The number of thiazole rings is 1. The number of anilines is 3. The summed E-state index contributed by atoms with van der Waals surface area (Å²) >= 11 is 1.56. The number of aromatic nitrogens is 4. The van der Waals surface area contributed by atoms with E-state index in [2.05, 4.69) is 30.6 Å². The molecule has 2 aromatic heterocycles. The summed E-state index contributed by atoms with van der Waals surface area (Å²) in [4.78, 5) is 18.6. The van der Waals surface area contributed by atoms with E-state index < -0.39 is 0 Å². The van der Waals surface area contributed by atoms with Gasteiger partial charge in [-0.3, -0.25) is 5.32 Å². The second kappa shape index (κ2) is 6.84. The van der Waals surface area contributed by atoms with Gasteiger partial charge in [0.2, 0.25) is 11.9 Å². The molecule has 0 aromatic carbocycles. The smallest absolute Gasteiger partial charge is 0.234 e. The molecule has 0 saturated carbocycles. The third-order valence-corrected chi connectivity index (χ3v) is 4.06. The summed E-state index contributed by atoms with van der Waals surface area (Å²) in [5, 5.41) is 7.11. The number of hydrogen-bond donors (Lipinski definition) is 3. The molecule has 0 spiro atoms. The Balaban J connectivity index is 1.80. The number of nitrogens with zero attached hydrogens (tertiary/aromatic N) is 4. The molecule has 2 aromatic rings. The van der Waals surface area contributed by atoms with E-state index in [-0.39, 0.29) is 6.04 Å². The van der Waals surface area contributed by atoms with Crippen molar-refractivity contribution in [3.63, 3.8) is 0 Å². The zero-order valence-corrected chi connectivity index (χ0v) is 13.9. The van der Waals surface area contributed by atoms with Crippen LogP contribution in [0.5, 0.6) is 0 Å². The molecule has 0 radical (unpaired) electrons. The summed E-state index contributed by atoms with van der Waals surface area (Å²) in [5.41, 5.74) is 6.77. The highest BCUT2D eigenvalue weighted by Crippen LogP contribution is 2.21. The zero-order valence-electron chi connectivity index (χ0n) is 13.1. The van der Waals surface area contributed by atoms with Crippen LogP contribution in [0.2, 0.25) is 0 Å². The monoisotopic (exact) mass is 329 g/mol. The minimum Gasteiger partial charge on any atom is -0.324 e. The Morgan fingerprint density at radius 2 is 2.04 bits per heavy atom. The number of rotatable bonds is 5. The molecule has 0 bridgehead atoms. The van der Waals surface area contributed by atoms with Gasteiger partial charge in [-0.25, -0.2) is 4.98 Å². The van der Waals surface area contributed by atoms with Crippen molar-refractivity contribution in [3.8, 4) is 0 Å². The number of aryl methyl sites for hydroxylation is 2. The predicted molar refractivity (Wildman–Crippen MR) is 92.8 cm³/mol. The molecule has 120 valence electrons. The minimum absolute atomic E-state index is 0.0791. The molecular weight excluding hydrogens is 310 g/mol. The van der Waals surface area contributed by atoms with Gasteiger partial charge in [-0.2, -0.15) is 15.0 Å². The van der Waals surface area contributed by atoms with Crippen LogP contribution >= 0.6 is 11.3 Å². The van der Waals surface area contributed by atoms with E-state index in [4.69, 9.17) is 5.73 Å². The van der Waals surface area contributed by atoms with E-state index in [1.807, 2.05) is 38.3 Å². The first-order chi connectivity index (χ1) is 11.1. The maximum Gasteiger partial charge on any atom is 0.234 e. The van der Waals surface area contributed by atoms with Crippen molar-refractivity contribution in [2.24, 2.45) is 5.73 Å². The topological polar surface area (TPSA) is 102 Å². The van der Waals surface area contributed by atoms with Crippen LogP contribution in [0.4, 0.5) is 17.0 Å². The first-order valence-corrected chi connectivity index (χ1v) is 8.29. The second-order valence-electron chi connectivity index (χ2n) is 5.20. The average molecular weight is 329 g/mol. The number of nitrogens with two attached hydrogens (primary N) is 1. The van der Waals surface area contributed by atoms with E-state index in [0.29, 0.717) is 11.9 Å². The zero-order chi connectivity index (χ0) is 16.2. The maximum absolute atomic E-state index is 5.83. The number of hydrogen-bond acceptors (Lipinski definition) is 8. The summed E-state index contributed by atoms with van der Waals surface area (Å²) in [6.45, 7) is 4.02. The van der Waals surface area contributed by atoms with Gasteiger partial charge in [-0.05, 0) is 19.4 Å². The quantitative estimate of drug-likeness (QED) is 0.774. The molecule has 1 atom stereocenters. The van der Waals surface area contributed by atoms with Gasteiger partial charge in [0.25, 0.3) is 0 Å². The van der Waals surface area contributed by atoms with Crippen LogP contribution in [-0.2, 0) is 6.42 Å². The van der Waals surface area contributed by atoms with E-state index in [9.17, 15) is 0 Å². The van der Waals surface area contributed by atoms with Crippen molar-refractivity contribution in [1.82, 2.24) is 19.9 Å². The standard InChI is InChI=1S/C15H19N7S/c1-3-12-19-13(18-11-6-4-10(16)5-7-11)21-14(20-12)22-15-17-8-9(2)23-15/h4,6-8,10H,3,5,16H2,1-2H3,(H2,17,18,19,20,21,22). The van der Waals surface area contributed by atoms with Crippen LogP contribution in [0, 0.1) is 6.92 Å². The summed E-state index contributed by atoms with van der Waals surface area (Å²) in [7, 11) is 0. The van der Waals surface area contributed by atoms with Crippen molar-refractivity contribution in [2.75, 3.05) is 10.6 Å². The third-order valence-electron chi connectivity index (χ3n) is 3.23. The molecule has 7 nitrogen and oxygen atoms in total. The lowest BCUT2D eigenvalue weighted by atomic mass is 10.1. The fraction of sp³-hybridized carbons (Fsp3) is 0.333. The van der Waals surface area contributed by atoms with Crippen molar-refractivity contribution in [2.45, 2.75) is 32.7 Å². The maximum atomic E-state index is 5.83. The highest BCUT2D eigenvalue weighted by atomic mass is 32.1. The number of nitrogens with one attached hydrogen (secondary N) is 2. The third kappa shape index (κ3) is 4.11. The van der Waals surface area contributed by atoms with Crippen LogP contribution in [0.3, 0.4) is 0 Å². The van der Waals surface area contributed by atoms with Crippen LogP contribution in [-0.4, -0.2) is 26.0 Å². The lowest BCUT2D eigenvalue weighted by molar-refractivity contribution is 0.817. The Morgan fingerprint density at radius 1 is 1.26 bits per heavy atom. The van der Waals surface area contributed by atoms with Gasteiger partial charge in [0.15, 0.2) is 5.13 Å². The van der Waals surface area contributed by atoms with E-state index >= 15 is 0 Å². The molecule has 8 heteroatoms. The molecule has 3 rings (SSSR count). The molecule has 1 unspecified atom stereocenters. The minimum atomic E-state index is 0.0791. The predicted octanol–water partition coefficient (Wildman–Crippen LogP) is 2.53. The molecule has 4 N–H and O–H groups in total. The largest absolute Gasteiger partial charge is 0.324 e. The molecule has 0 amide bonds. The first-order valence-electron chi connectivity index (χ1n) is 7.47. The summed E-state index contributed by atoms with van der Waals surface area (Å²) in [6, 6.07) is 0.0791.